The molecule has 114 valence electrons. The van der Waals surface area contributed by atoms with Gasteiger partial charge in [0.15, 0.2) is 0 Å². The predicted molar refractivity (Wildman–Crippen MR) is 83.9 cm³/mol. The molecule has 0 amide bonds. The summed E-state index contributed by atoms with van der Waals surface area (Å²) in [5.41, 5.74) is 2.71. The van der Waals surface area contributed by atoms with Crippen LogP contribution >= 0.6 is 0 Å². The Labute approximate surface area is 127 Å². The van der Waals surface area contributed by atoms with Crippen molar-refractivity contribution in [2.75, 3.05) is 0 Å². The third-order valence-corrected chi connectivity index (χ3v) is 3.59. The fourth-order valence-corrected chi connectivity index (χ4v) is 2.52. The van der Waals surface area contributed by atoms with Gasteiger partial charge >= 0.3 is 0 Å². The molecule has 2 rings (SSSR count). The topological polar surface area (TPSA) is 51.0 Å². The van der Waals surface area contributed by atoms with Gasteiger partial charge in [0, 0.05) is 13.0 Å². The summed E-state index contributed by atoms with van der Waals surface area (Å²) in [4.78, 5) is 0. The Hall–Kier alpha value is -1.68. The van der Waals surface area contributed by atoms with Crippen molar-refractivity contribution in [1.29, 1.82) is 0 Å². The monoisotopic (exact) mass is 287 g/mol. The Morgan fingerprint density at radius 2 is 1.86 bits per heavy atom. The lowest BCUT2D eigenvalue weighted by molar-refractivity contribution is 0.373. The van der Waals surface area contributed by atoms with Gasteiger partial charge in [-0.05, 0) is 23.5 Å². The molecule has 0 saturated heterocycles. The number of hydrogen-bond acceptors (Lipinski definition) is 4. The molecule has 1 heterocycles. The third-order valence-electron chi connectivity index (χ3n) is 3.59. The normalized spacial score (nSPS) is 12.8. The minimum Gasteiger partial charge on any atom is -0.424 e. The highest BCUT2D eigenvalue weighted by molar-refractivity contribution is 5.25. The SMILES string of the molecule is CCCc1ccc([C@@H](NCc2nnc(C)o2)C(C)C)cc1. The molecule has 0 unspecified atom stereocenters. The van der Waals surface area contributed by atoms with Gasteiger partial charge in [-0.25, -0.2) is 0 Å². The van der Waals surface area contributed by atoms with Crippen LogP contribution in [0.25, 0.3) is 0 Å². The first kappa shape index (κ1) is 15.7. The zero-order chi connectivity index (χ0) is 15.2. The second-order valence-corrected chi connectivity index (χ2v) is 5.81. The Morgan fingerprint density at radius 3 is 2.38 bits per heavy atom. The standard InChI is InChI=1S/C17H25N3O/c1-5-6-14-7-9-15(10-8-14)17(12(2)3)18-11-16-20-19-13(4)21-16/h7-10,12,17-18H,5-6,11H2,1-4H3/t17-/m0/s1. The number of nitrogens with zero attached hydrogens (tertiary/aromatic N) is 2. The van der Waals surface area contributed by atoms with Gasteiger partial charge < -0.3 is 9.73 Å². The molecule has 0 saturated carbocycles. The van der Waals surface area contributed by atoms with Gasteiger partial charge in [0.05, 0.1) is 6.54 Å². The molecule has 21 heavy (non-hydrogen) atoms. The molecule has 0 bridgehead atoms. The van der Waals surface area contributed by atoms with Gasteiger partial charge in [0.25, 0.3) is 0 Å². The molecule has 1 aromatic heterocycles. The summed E-state index contributed by atoms with van der Waals surface area (Å²) in [6.07, 6.45) is 2.32. The molecule has 2 aromatic rings. The van der Waals surface area contributed by atoms with Crippen molar-refractivity contribution in [3.8, 4) is 0 Å². The molecule has 4 heteroatoms. The van der Waals surface area contributed by atoms with Crippen molar-refractivity contribution in [1.82, 2.24) is 15.5 Å². The van der Waals surface area contributed by atoms with Crippen molar-refractivity contribution in [3.05, 3.63) is 47.2 Å². The van der Waals surface area contributed by atoms with Crippen LogP contribution in [0.2, 0.25) is 0 Å². The van der Waals surface area contributed by atoms with Crippen molar-refractivity contribution in [2.24, 2.45) is 5.92 Å². The van der Waals surface area contributed by atoms with Crippen LogP contribution in [0.3, 0.4) is 0 Å². The fourth-order valence-electron chi connectivity index (χ4n) is 2.52. The molecule has 1 aromatic carbocycles. The van der Waals surface area contributed by atoms with E-state index < -0.39 is 0 Å². The van der Waals surface area contributed by atoms with E-state index in [1.807, 2.05) is 6.92 Å². The Bertz CT molecular complexity index is 545. The van der Waals surface area contributed by atoms with E-state index in [0.717, 1.165) is 6.42 Å². The molecule has 1 N–H and O–H groups in total. The maximum absolute atomic E-state index is 5.42. The lowest BCUT2D eigenvalue weighted by atomic mass is 9.94. The molecule has 0 radical (unpaired) electrons. The number of aromatic nitrogens is 2. The lowest BCUT2D eigenvalue weighted by Crippen LogP contribution is -2.25. The Morgan fingerprint density at radius 1 is 1.14 bits per heavy atom. The first-order chi connectivity index (χ1) is 10.1. The van der Waals surface area contributed by atoms with E-state index in [1.165, 1.54) is 17.5 Å². The lowest BCUT2D eigenvalue weighted by Gasteiger charge is -2.22. The highest BCUT2D eigenvalue weighted by Crippen LogP contribution is 2.23. The molecular weight excluding hydrogens is 262 g/mol. The molecule has 1 atom stereocenters. The maximum Gasteiger partial charge on any atom is 0.230 e. The molecular formula is C17H25N3O. The van der Waals surface area contributed by atoms with Crippen LogP contribution in [0.4, 0.5) is 0 Å². The quantitative estimate of drug-likeness (QED) is 0.841. The molecule has 4 nitrogen and oxygen atoms in total. The van der Waals surface area contributed by atoms with Gasteiger partial charge in [-0.15, -0.1) is 10.2 Å². The molecule has 0 aliphatic rings. The second-order valence-electron chi connectivity index (χ2n) is 5.81. The number of rotatable bonds is 7. The molecule has 0 aliphatic carbocycles. The number of nitrogens with one attached hydrogen (secondary N) is 1. The van der Waals surface area contributed by atoms with Gasteiger partial charge in [0.2, 0.25) is 11.8 Å². The number of aryl methyl sites for hydroxylation is 2. The number of benzene rings is 1. The van der Waals surface area contributed by atoms with Crippen LogP contribution in [-0.4, -0.2) is 10.2 Å². The van der Waals surface area contributed by atoms with Crippen LogP contribution < -0.4 is 5.32 Å². The third kappa shape index (κ3) is 4.39. The summed E-state index contributed by atoms with van der Waals surface area (Å²) >= 11 is 0. The molecule has 0 spiro atoms. The van der Waals surface area contributed by atoms with Crippen LogP contribution in [0.5, 0.6) is 0 Å². The molecule has 0 aliphatic heterocycles. The van der Waals surface area contributed by atoms with Gasteiger partial charge in [-0.3, -0.25) is 0 Å². The van der Waals surface area contributed by atoms with E-state index in [2.05, 4.69) is 60.6 Å². The second kappa shape index (κ2) is 7.36. The average molecular weight is 287 g/mol. The minimum absolute atomic E-state index is 0.285. The zero-order valence-electron chi connectivity index (χ0n) is 13.4. The van der Waals surface area contributed by atoms with Crippen LogP contribution in [0, 0.1) is 12.8 Å². The van der Waals surface area contributed by atoms with Crippen LogP contribution in [0.15, 0.2) is 28.7 Å². The van der Waals surface area contributed by atoms with E-state index >= 15 is 0 Å². The maximum atomic E-state index is 5.42. The van der Waals surface area contributed by atoms with Crippen molar-refractivity contribution in [2.45, 2.75) is 53.1 Å². The summed E-state index contributed by atoms with van der Waals surface area (Å²) in [6.45, 7) is 9.05. The average Bonchev–Trinajstić information content (AvgIpc) is 2.86. The zero-order valence-corrected chi connectivity index (χ0v) is 13.4. The highest BCUT2D eigenvalue weighted by atomic mass is 16.4. The summed E-state index contributed by atoms with van der Waals surface area (Å²) in [5.74, 6) is 1.74. The van der Waals surface area contributed by atoms with Gasteiger partial charge in [-0.1, -0.05) is 51.5 Å². The van der Waals surface area contributed by atoms with E-state index in [-0.39, 0.29) is 6.04 Å². The van der Waals surface area contributed by atoms with Crippen molar-refractivity contribution < 1.29 is 4.42 Å². The van der Waals surface area contributed by atoms with E-state index in [0.29, 0.717) is 24.2 Å². The number of hydrogen-bond donors (Lipinski definition) is 1. The van der Waals surface area contributed by atoms with E-state index in [1.54, 1.807) is 0 Å². The Kier molecular flexibility index (Phi) is 5.51. The largest absolute Gasteiger partial charge is 0.424 e. The molecule has 0 fully saturated rings. The summed E-state index contributed by atoms with van der Waals surface area (Å²) in [5, 5.41) is 11.4. The summed E-state index contributed by atoms with van der Waals surface area (Å²) < 4.78 is 5.42. The smallest absolute Gasteiger partial charge is 0.230 e. The first-order valence-electron chi connectivity index (χ1n) is 7.71. The predicted octanol–water partition coefficient (Wildman–Crippen LogP) is 3.82. The van der Waals surface area contributed by atoms with Gasteiger partial charge in [0.1, 0.15) is 0 Å². The minimum atomic E-state index is 0.285. The Balaban J connectivity index is 2.04. The van der Waals surface area contributed by atoms with E-state index in [4.69, 9.17) is 4.42 Å². The van der Waals surface area contributed by atoms with E-state index in [9.17, 15) is 0 Å². The van der Waals surface area contributed by atoms with Crippen molar-refractivity contribution >= 4 is 0 Å². The summed E-state index contributed by atoms with van der Waals surface area (Å²) in [6, 6.07) is 9.19. The first-order valence-corrected chi connectivity index (χ1v) is 7.71. The highest BCUT2D eigenvalue weighted by Gasteiger charge is 2.16. The summed E-state index contributed by atoms with van der Waals surface area (Å²) in [7, 11) is 0. The van der Waals surface area contributed by atoms with Crippen LogP contribution in [0.1, 0.15) is 56.1 Å². The van der Waals surface area contributed by atoms with Gasteiger partial charge in [-0.2, -0.15) is 0 Å². The fraction of sp³-hybridized carbons (Fsp3) is 0.529. The van der Waals surface area contributed by atoms with Crippen LogP contribution in [-0.2, 0) is 13.0 Å². The van der Waals surface area contributed by atoms with Crippen molar-refractivity contribution in [3.63, 3.8) is 0 Å².